The standard InChI is InChI=1S/C18H16Br2O7/c1-23-13-5-9(11(19)7-15(13)25-3)17(21)27-18(22)10-6-14(24-2)16(26-4)8-12(10)20/h5-8H,1-4H3. The molecule has 0 spiro atoms. The lowest BCUT2D eigenvalue weighted by Crippen LogP contribution is -2.14. The molecule has 144 valence electrons. The van der Waals surface area contributed by atoms with Crippen molar-refractivity contribution in [2.45, 2.75) is 0 Å². The lowest BCUT2D eigenvalue weighted by Gasteiger charge is -2.13. The topological polar surface area (TPSA) is 80.3 Å². The maximum Gasteiger partial charge on any atom is 0.347 e. The number of benzene rings is 2. The molecule has 0 aliphatic heterocycles. The van der Waals surface area contributed by atoms with Crippen LogP contribution in [-0.2, 0) is 4.74 Å². The van der Waals surface area contributed by atoms with Crippen LogP contribution in [0.1, 0.15) is 20.7 Å². The van der Waals surface area contributed by atoms with Crippen LogP contribution in [0.15, 0.2) is 33.2 Å². The third kappa shape index (κ3) is 4.54. The number of hydrogen-bond donors (Lipinski definition) is 0. The average molecular weight is 504 g/mol. The van der Waals surface area contributed by atoms with Crippen LogP contribution in [0.5, 0.6) is 23.0 Å². The zero-order valence-corrected chi connectivity index (χ0v) is 18.1. The predicted octanol–water partition coefficient (Wildman–Crippen LogP) is 4.24. The Kier molecular flexibility index (Phi) is 7.09. The van der Waals surface area contributed by atoms with Gasteiger partial charge in [-0.05, 0) is 56.1 Å². The summed E-state index contributed by atoms with van der Waals surface area (Å²) >= 11 is 6.52. The number of carbonyl (C=O) groups excluding carboxylic acids is 2. The highest BCUT2D eigenvalue weighted by molar-refractivity contribution is 9.10. The molecule has 0 aromatic heterocycles. The van der Waals surface area contributed by atoms with Crippen LogP contribution in [0.4, 0.5) is 0 Å². The minimum atomic E-state index is -0.852. The third-order valence-electron chi connectivity index (χ3n) is 3.57. The average Bonchev–Trinajstić information content (AvgIpc) is 2.66. The monoisotopic (exact) mass is 502 g/mol. The van der Waals surface area contributed by atoms with Gasteiger partial charge in [-0.2, -0.15) is 0 Å². The molecular formula is C18H16Br2O7. The summed E-state index contributed by atoms with van der Waals surface area (Å²) in [7, 11) is 5.82. The fourth-order valence-electron chi connectivity index (χ4n) is 2.22. The number of rotatable bonds is 6. The van der Waals surface area contributed by atoms with Gasteiger partial charge in [-0.25, -0.2) is 9.59 Å². The number of halogens is 2. The van der Waals surface area contributed by atoms with E-state index in [-0.39, 0.29) is 11.1 Å². The molecule has 2 aromatic carbocycles. The predicted molar refractivity (Wildman–Crippen MR) is 104 cm³/mol. The second-order valence-electron chi connectivity index (χ2n) is 5.05. The highest BCUT2D eigenvalue weighted by Crippen LogP contribution is 2.35. The summed E-state index contributed by atoms with van der Waals surface area (Å²) in [5, 5.41) is 0. The van der Waals surface area contributed by atoms with Crippen molar-refractivity contribution in [2.75, 3.05) is 28.4 Å². The lowest BCUT2D eigenvalue weighted by atomic mass is 10.2. The van der Waals surface area contributed by atoms with E-state index in [0.717, 1.165) is 0 Å². The molecule has 0 amide bonds. The van der Waals surface area contributed by atoms with Crippen molar-refractivity contribution >= 4 is 43.8 Å². The Morgan fingerprint density at radius 2 is 0.926 bits per heavy atom. The van der Waals surface area contributed by atoms with Gasteiger partial charge in [0, 0.05) is 8.95 Å². The minimum absolute atomic E-state index is 0.109. The second-order valence-corrected chi connectivity index (χ2v) is 6.76. The highest BCUT2D eigenvalue weighted by Gasteiger charge is 2.23. The van der Waals surface area contributed by atoms with Gasteiger partial charge in [0.05, 0.1) is 39.6 Å². The van der Waals surface area contributed by atoms with E-state index in [0.29, 0.717) is 31.9 Å². The zero-order chi connectivity index (χ0) is 20.1. The molecular weight excluding hydrogens is 488 g/mol. The SMILES string of the molecule is COc1cc(Br)c(C(=O)OC(=O)c2cc(OC)c(OC)cc2Br)cc1OC. The van der Waals surface area contributed by atoms with E-state index in [1.54, 1.807) is 12.1 Å². The molecule has 9 heteroatoms. The van der Waals surface area contributed by atoms with E-state index >= 15 is 0 Å². The molecule has 2 rings (SSSR count). The summed E-state index contributed by atoms with van der Waals surface area (Å²) in [6.07, 6.45) is 0. The van der Waals surface area contributed by atoms with Gasteiger partial charge in [0.1, 0.15) is 0 Å². The first-order valence-corrected chi connectivity index (χ1v) is 9.04. The normalized spacial score (nSPS) is 10.1. The molecule has 0 fully saturated rings. The minimum Gasteiger partial charge on any atom is -0.493 e. The Hall–Kier alpha value is -2.26. The van der Waals surface area contributed by atoms with Crippen molar-refractivity contribution < 1.29 is 33.3 Å². The maximum atomic E-state index is 12.5. The molecule has 0 atom stereocenters. The van der Waals surface area contributed by atoms with Gasteiger partial charge in [0.15, 0.2) is 23.0 Å². The first kappa shape index (κ1) is 21.0. The van der Waals surface area contributed by atoms with E-state index in [2.05, 4.69) is 31.9 Å². The van der Waals surface area contributed by atoms with Gasteiger partial charge in [0.25, 0.3) is 0 Å². The first-order valence-electron chi connectivity index (χ1n) is 7.45. The second kappa shape index (κ2) is 9.09. The molecule has 0 heterocycles. The van der Waals surface area contributed by atoms with Gasteiger partial charge in [-0.1, -0.05) is 0 Å². The first-order chi connectivity index (χ1) is 12.9. The van der Waals surface area contributed by atoms with Gasteiger partial charge >= 0.3 is 11.9 Å². The Morgan fingerprint density at radius 1 is 0.630 bits per heavy atom. The van der Waals surface area contributed by atoms with Gasteiger partial charge in [-0.3, -0.25) is 0 Å². The van der Waals surface area contributed by atoms with Crippen molar-refractivity contribution in [3.63, 3.8) is 0 Å². The van der Waals surface area contributed by atoms with Crippen LogP contribution in [-0.4, -0.2) is 40.4 Å². The van der Waals surface area contributed by atoms with Crippen LogP contribution >= 0.6 is 31.9 Å². The van der Waals surface area contributed by atoms with Crippen molar-refractivity contribution in [3.8, 4) is 23.0 Å². The Balaban J connectivity index is 2.32. The Morgan fingerprint density at radius 3 is 1.22 bits per heavy atom. The summed E-state index contributed by atoms with van der Waals surface area (Å²) in [4.78, 5) is 24.9. The Bertz CT molecular complexity index is 809. The summed E-state index contributed by atoms with van der Waals surface area (Å²) in [5.74, 6) is -0.200. The quantitative estimate of drug-likeness (QED) is 0.430. The molecule has 2 aromatic rings. The van der Waals surface area contributed by atoms with Crippen molar-refractivity contribution in [1.29, 1.82) is 0 Å². The fraction of sp³-hybridized carbons (Fsp3) is 0.222. The van der Waals surface area contributed by atoms with Crippen molar-refractivity contribution in [1.82, 2.24) is 0 Å². The van der Waals surface area contributed by atoms with Gasteiger partial charge in [-0.15, -0.1) is 0 Å². The summed E-state index contributed by atoms with van der Waals surface area (Å²) < 4.78 is 26.4. The zero-order valence-electron chi connectivity index (χ0n) is 14.9. The van der Waals surface area contributed by atoms with E-state index < -0.39 is 11.9 Å². The number of ether oxygens (including phenoxy) is 5. The summed E-state index contributed by atoms with van der Waals surface area (Å²) in [6.45, 7) is 0. The van der Waals surface area contributed by atoms with Crippen molar-refractivity contribution in [3.05, 3.63) is 44.3 Å². The molecule has 0 radical (unpaired) electrons. The maximum absolute atomic E-state index is 12.5. The summed E-state index contributed by atoms with van der Waals surface area (Å²) in [6, 6.07) is 5.93. The third-order valence-corrected chi connectivity index (χ3v) is 4.88. The number of methoxy groups -OCH3 is 4. The fourth-order valence-corrected chi connectivity index (χ4v) is 3.18. The van der Waals surface area contributed by atoms with E-state index in [1.807, 2.05) is 0 Å². The number of hydrogen-bond acceptors (Lipinski definition) is 7. The lowest BCUT2D eigenvalue weighted by molar-refractivity contribution is 0.0396. The molecule has 0 saturated carbocycles. The largest absolute Gasteiger partial charge is 0.493 e. The van der Waals surface area contributed by atoms with Crippen LogP contribution < -0.4 is 18.9 Å². The van der Waals surface area contributed by atoms with E-state index in [9.17, 15) is 9.59 Å². The molecule has 27 heavy (non-hydrogen) atoms. The van der Waals surface area contributed by atoms with E-state index in [1.165, 1.54) is 40.6 Å². The molecule has 0 aliphatic carbocycles. The highest BCUT2D eigenvalue weighted by atomic mass is 79.9. The molecule has 0 bridgehead atoms. The number of esters is 2. The van der Waals surface area contributed by atoms with E-state index in [4.69, 9.17) is 23.7 Å². The molecule has 0 aliphatic rings. The van der Waals surface area contributed by atoms with Crippen LogP contribution in [0.3, 0.4) is 0 Å². The summed E-state index contributed by atoms with van der Waals surface area (Å²) in [5.41, 5.74) is 0.218. The Labute approximate surface area is 172 Å². The van der Waals surface area contributed by atoms with Gasteiger partial charge < -0.3 is 23.7 Å². The molecule has 0 unspecified atom stereocenters. The van der Waals surface area contributed by atoms with Crippen LogP contribution in [0.25, 0.3) is 0 Å². The number of carbonyl (C=O) groups is 2. The van der Waals surface area contributed by atoms with Crippen LogP contribution in [0, 0.1) is 0 Å². The molecule has 0 N–H and O–H groups in total. The smallest absolute Gasteiger partial charge is 0.347 e. The van der Waals surface area contributed by atoms with Crippen LogP contribution in [0.2, 0.25) is 0 Å². The molecule has 0 saturated heterocycles. The van der Waals surface area contributed by atoms with Gasteiger partial charge in [0.2, 0.25) is 0 Å². The molecule has 7 nitrogen and oxygen atoms in total. The van der Waals surface area contributed by atoms with Crippen molar-refractivity contribution in [2.24, 2.45) is 0 Å².